The van der Waals surface area contributed by atoms with E-state index in [1.165, 1.54) is 0 Å². The van der Waals surface area contributed by atoms with Crippen molar-refractivity contribution in [3.8, 4) is 0 Å². The van der Waals surface area contributed by atoms with Crippen molar-refractivity contribution < 1.29 is 9.59 Å². The maximum Gasteiger partial charge on any atom is 0.146 e. The highest BCUT2D eigenvalue weighted by atomic mass is 16.2. The van der Waals surface area contributed by atoms with Crippen molar-refractivity contribution in [3.05, 3.63) is 0 Å². The van der Waals surface area contributed by atoms with Crippen LogP contribution in [-0.4, -0.2) is 11.6 Å². The van der Waals surface area contributed by atoms with Gasteiger partial charge in [0.05, 0.1) is 6.42 Å². The maximum atomic E-state index is 10.9. The topological polar surface area (TPSA) is 34.1 Å². The Morgan fingerprint density at radius 1 is 1.00 bits per heavy atom. The fourth-order valence-corrected chi connectivity index (χ4v) is 1.07. The monoisotopic (exact) mass is 186 g/mol. The van der Waals surface area contributed by atoms with Gasteiger partial charge in [0.15, 0.2) is 0 Å². The predicted octanol–water partition coefficient (Wildman–Crippen LogP) is 3.00. The van der Waals surface area contributed by atoms with Crippen LogP contribution in [0.3, 0.4) is 0 Å². The van der Waals surface area contributed by atoms with Crippen LogP contribution in [-0.2, 0) is 9.59 Å². The van der Waals surface area contributed by atoms with Gasteiger partial charge in [-0.15, -0.1) is 0 Å². The molecule has 0 heterocycles. The summed E-state index contributed by atoms with van der Waals surface area (Å²) in [5.41, 5.74) is -0.364. The molecule has 78 valence electrons. The number of ketones is 2. The van der Waals surface area contributed by atoms with Crippen LogP contribution in [0, 0.1) is 5.41 Å². The van der Waals surface area contributed by atoms with Gasteiger partial charge in [-0.25, -0.2) is 0 Å². The summed E-state index contributed by atoms with van der Waals surface area (Å²) in [6.07, 6.45) is 0.596. The van der Waals surface area contributed by atoms with Crippen molar-refractivity contribution in [2.75, 3.05) is 0 Å². The molecule has 0 aromatic rings. The first-order valence-electron chi connectivity index (χ1n) is 5.07. The van der Waals surface area contributed by atoms with Crippen molar-refractivity contribution in [1.29, 1.82) is 0 Å². The Bertz CT molecular complexity index is 169. The SMILES string of the molecule is CC.CC.CC1(C)CC(=O)CC1=O. The van der Waals surface area contributed by atoms with Crippen molar-refractivity contribution >= 4 is 11.6 Å². The third-order valence-electron chi connectivity index (χ3n) is 1.75. The van der Waals surface area contributed by atoms with Crippen LogP contribution in [0.4, 0.5) is 0 Å². The Labute approximate surface area is 81.7 Å². The van der Waals surface area contributed by atoms with E-state index in [-0.39, 0.29) is 23.4 Å². The average molecular weight is 186 g/mol. The lowest BCUT2D eigenvalue weighted by Gasteiger charge is -2.10. The van der Waals surface area contributed by atoms with E-state index in [9.17, 15) is 9.59 Å². The van der Waals surface area contributed by atoms with Crippen LogP contribution in [0.25, 0.3) is 0 Å². The van der Waals surface area contributed by atoms with Crippen molar-refractivity contribution in [3.63, 3.8) is 0 Å². The molecule has 1 aliphatic carbocycles. The molecular formula is C11H22O2. The standard InChI is InChI=1S/C7H10O2.2C2H6/c1-7(2)4-5(8)3-6(7)9;2*1-2/h3-4H2,1-2H3;2*1-2H3. The molecule has 2 nitrogen and oxygen atoms in total. The summed E-state index contributed by atoms with van der Waals surface area (Å²) >= 11 is 0. The molecular weight excluding hydrogens is 164 g/mol. The van der Waals surface area contributed by atoms with E-state index >= 15 is 0 Å². The average Bonchev–Trinajstić information content (AvgIpc) is 2.32. The third kappa shape index (κ3) is 4.81. The molecule has 0 spiro atoms. The van der Waals surface area contributed by atoms with Crippen LogP contribution in [0.1, 0.15) is 54.4 Å². The van der Waals surface area contributed by atoms with Crippen LogP contribution in [0.5, 0.6) is 0 Å². The molecule has 1 fully saturated rings. The van der Waals surface area contributed by atoms with E-state index in [0.29, 0.717) is 6.42 Å². The molecule has 0 N–H and O–H groups in total. The van der Waals surface area contributed by atoms with E-state index in [4.69, 9.17) is 0 Å². The summed E-state index contributed by atoms with van der Waals surface area (Å²) in [6, 6.07) is 0. The zero-order valence-corrected chi connectivity index (χ0v) is 9.73. The molecule has 0 saturated heterocycles. The molecule has 2 heteroatoms. The Kier molecular flexibility index (Phi) is 7.78. The molecule has 0 aromatic carbocycles. The predicted molar refractivity (Wildman–Crippen MR) is 55.7 cm³/mol. The zero-order valence-electron chi connectivity index (χ0n) is 9.73. The minimum Gasteiger partial charge on any atom is -0.299 e. The number of hydrogen-bond donors (Lipinski definition) is 0. The lowest BCUT2D eigenvalue weighted by atomic mass is 9.91. The quantitative estimate of drug-likeness (QED) is 0.545. The second-order valence-corrected chi connectivity index (χ2v) is 3.20. The van der Waals surface area contributed by atoms with Gasteiger partial charge in [0.1, 0.15) is 11.6 Å². The maximum absolute atomic E-state index is 10.9. The first-order chi connectivity index (χ1) is 6.02. The summed E-state index contributed by atoms with van der Waals surface area (Å²) in [5.74, 6) is 0.178. The van der Waals surface area contributed by atoms with Crippen molar-refractivity contribution in [2.45, 2.75) is 54.4 Å². The van der Waals surface area contributed by atoms with Gasteiger partial charge in [-0.05, 0) is 0 Å². The molecule has 0 atom stereocenters. The van der Waals surface area contributed by atoms with E-state index in [1.54, 1.807) is 0 Å². The van der Waals surface area contributed by atoms with Gasteiger partial charge in [0, 0.05) is 11.8 Å². The lowest BCUT2D eigenvalue weighted by Crippen LogP contribution is -2.15. The van der Waals surface area contributed by atoms with Gasteiger partial charge in [-0.3, -0.25) is 9.59 Å². The van der Waals surface area contributed by atoms with Gasteiger partial charge in [0.25, 0.3) is 0 Å². The molecule has 1 aliphatic rings. The smallest absolute Gasteiger partial charge is 0.146 e. The first-order valence-corrected chi connectivity index (χ1v) is 5.07. The number of Topliss-reactive ketones (excluding diaryl/α,β-unsaturated/α-hetero) is 2. The number of rotatable bonds is 0. The van der Waals surface area contributed by atoms with Crippen LogP contribution in [0.2, 0.25) is 0 Å². The Hall–Kier alpha value is -0.660. The number of carbonyl (C=O) groups excluding carboxylic acids is 2. The molecule has 0 aromatic heterocycles. The normalized spacial score (nSPS) is 18.3. The summed E-state index contributed by atoms with van der Waals surface area (Å²) in [5, 5.41) is 0. The molecule has 0 bridgehead atoms. The molecule has 0 unspecified atom stereocenters. The van der Waals surface area contributed by atoms with E-state index < -0.39 is 0 Å². The summed E-state index contributed by atoms with van der Waals surface area (Å²) in [7, 11) is 0. The second-order valence-electron chi connectivity index (χ2n) is 3.20. The van der Waals surface area contributed by atoms with Gasteiger partial charge < -0.3 is 0 Å². The van der Waals surface area contributed by atoms with Gasteiger partial charge in [-0.1, -0.05) is 41.5 Å². The largest absolute Gasteiger partial charge is 0.299 e. The Morgan fingerprint density at radius 3 is 1.46 bits per heavy atom. The summed E-state index contributed by atoms with van der Waals surface area (Å²) < 4.78 is 0. The van der Waals surface area contributed by atoms with E-state index in [0.717, 1.165) is 0 Å². The van der Waals surface area contributed by atoms with Crippen LogP contribution >= 0.6 is 0 Å². The van der Waals surface area contributed by atoms with Gasteiger partial charge >= 0.3 is 0 Å². The number of carbonyl (C=O) groups is 2. The van der Waals surface area contributed by atoms with E-state index in [2.05, 4.69) is 0 Å². The molecule has 0 amide bonds. The van der Waals surface area contributed by atoms with Crippen molar-refractivity contribution in [1.82, 2.24) is 0 Å². The van der Waals surface area contributed by atoms with Crippen LogP contribution < -0.4 is 0 Å². The van der Waals surface area contributed by atoms with E-state index in [1.807, 2.05) is 41.5 Å². The first kappa shape index (κ1) is 14.8. The third-order valence-corrected chi connectivity index (χ3v) is 1.75. The highest BCUT2D eigenvalue weighted by Gasteiger charge is 2.37. The lowest BCUT2D eigenvalue weighted by molar-refractivity contribution is -0.124. The summed E-state index contributed by atoms with van der Waals surface area (Å²) in [6.45, 7) is 11.6. The molecule has 0 aliphatic heterocycles. The fraction of sp³-hybridized carbons (Fsp3) is 0.818. The minimum absolute atomic E-state index is 0.0880. The highest BCUT2D eigenvalue weighted by Crippen LogP contribution is 2.30. The van der Waals surface area contributed by atoms with Gasteiger partial charge in [-0.2, -0.15) is 0 Å². The molecule has 13 heavy (non-hydrogen) atoms. The highest BCUT2D eigenvalue weighted by molar-refractivity contribution is 6.08. The molecule has 1 rings (SSSR count). The second kappa shape index (κ2) is 6.81. The van der Waals surface area contributed by atoms with Crippen LogP contribution in [0.15, 0.2) is 0 Å². The number of hydrogen-bond acceptors (Lipinski definition) is 2. The molecule has 0 radical (unpaired) electrons. The summed E-state index contributed by atoms with van der Waals surface area (Å²) in [4.78, 5) is 21.5. The minimum atomic E-state index is -0.364. The Balaban J connectivity index is 0. The van der Waals surface area contributed by atoms with Gasteiger partial charge in [0.2, 0.25) is 0 Å². The fourth-order valence-electron chi connectivity index (χ4n) is 1.07. The van der Waals surface area contributed by atoms with Crippen molar-refractivity contribution in [2.24, 2.45) is 5.41 Å². The molecule has 1 saturated carbocycles. The zero-order chi connectivity index (χ0) is 11.1. The Morgan fingerprint density at radius 2 is 1.38 bits per heavy atom.